The maximum atomic E-state index is 13.1. The highest BCUT2D eigenvalue weighted by molar-refractivity contribution is 14.1. The molecule has 19 heavy (non-hydrogen) atoms. The molecule has 1 aromatic carbocycles. The van der Waals surface area contributed by atoms with E-state index in [0.29, 0.717) is 6.04 Å². The van der Waals surface area contributed by atoms with Crippen molar-refractivity contribution < 1.29 is 4.39 Å². The number of halogens is 2. The lowest BCUT2D eigenvalue weighted by Gasteiger charge is -2.05. The Morgan fingerprint density at radius 1 is 1.37 bits per heavy atom. The summed E-state index contributed by atoms with van der Waals surface area (Å²) < 4.78 is 13.9. The molecule has 2 rings (SSSR count). The first kappa shape index (κ1) is 14.8. The van der Waals surface area contributed by atoms with Gasteiger partial charge in [0, 0.05) is 28.1 Å². The van der Waals surface area contributed by atoms with Crippen LogP contribution in [-0.4, -0.2) is 22.8 Å². The monoisotopic (exact) mass is 391 g/mol. The van der Waals surface area contributed by atoms with Crippen molar-refractivity contribution >= 4 is 33.9 Å². The normalized spacial score (nSPS) is 11.2. The van der Waals surface area contributed by atoms with E-state index in [1.807, 2.05) is 0 Å². The first-order chi connectivity index (χ1) is 9.06. The van der Waals surface area contributed by atoms with Crippen molar-refractivity contribution in [2.24, 2.45) is 0 Å². The van der Waals surface area contributed by atoms with Crippen LogP contribution in [0.25, 0.3) is 10.6 Å². The van der Waals surface area contributed by atoms with Crippen LogP contribution in [0.4, 0.5) is 4.39 Å². The minimum Gasteiger partial charge on any atom is -0.314 e. The molecule has 6 heteroatoms. The highest BCUT2D eigenvalue weighted by Crippen LogP contribution is 2.28. The van der Waals surface area contributed by atoms with Crippen LogP contribution in [0.3, 0.4) is 0 Å². The maximum absolute atomic E-state index is 13.1. The molecule has 0 unspecified atom stereocenters. The molecular weight excluding hydrogens is 376 g/mol. The van der Waals surface area contributed by atoms with Crippen molar-refractivity contribution in [3.63, 3.8) is 0 Å². The number of hydrogen-bond donors (Lipinski definition) is 1. The van der Waals surface area contributed by atoms with E-state index in [0.717, 1.165) is 32.1 Å². The Morgan fingerprint density at radius 2 is 2.16 bits per heavy atom. The molecule has 0 bridgehead atoms. The van der Waals surface area contributed by atoms with Crippen LogP contribution in [-0.2, 0) is 6.42 Å². The first-order valence-corrected chi connectivity index (χ1v) is 7.97. The van der Waals surface area contributed by atoms with Crippen LogP contribution in [0.15, 0.2) is 18.2 Å². The van der Waals surface area contributed by atoms with Gasteiger partial charge in [-0.2, -0.15) is 0 Å². The van der Waals surface area contributed by atoms with E-state index in [1.165, 1.54) is 12.1 Å². The summed E-state index contributed by atoms with van der Waals surface area (Å²) in [6.07, 6.45) is 0.869. The van der Waals surface area contributed by atoms with Gasteiger partial charge in [0.15, 0.2) is 0 Å². The molecule has 2 aromatic rings. The van der Waals surface area contributed by atoms with Crippen LogP contribution in [0, 0.1) is 9.39 Å². The fourth-order valence-corrected chi connectivity index (χ4v) is 3.39. The number of rotatable bonds is 5. The van der Waals surface area contributed by atoms with Crippen LogP contribution in [0.5, 0.6) is 0 Å². The molecule has 0 amide bonds. The molecule has 3 nitrogen and oxygen atoms in total. The lowest BCUT2D eigenvalue weighted by molar-refractivity contribution is 0.588. The van der Waals surface area contributed by atoms with Gasteiger partial charge in [0.2, 0.25) is 0 Å². The SMILES string of the molecule is CC(C)NCCc1nnc(-c2ccc(F)cc2I)s1. The standard InChI is InChI=1S/C13H15FIN3S/c1-8(2)16-6-5-12-17-18-13(19-12)10-4-3-9(14)7-11(10)15/h3-4,7-8,16H,5-6H2,1-2H3. The number of nitrogens with one attached hydrogen (secondary N) is 1. The smallest absolute Gasteiger partial charge is 0.148 e. The lowest BCUT2D eigenvalue weighted by Crippen LogP contribution is -2.24. The van der Waals surface area contributed by atoms with Crippen molar-refractivity contribution in [1.82, 2.24) is 15.5 Å². The zero-order valence-electron chi connectivity index (χ0n) is 10.8. The molecule has 1 heterocycles. The molecule has 0 aliphatic heterocycles. The van der Waals surface area contributed by atoms with Gasteiger partial charge in [-0.15, -0.1) is 10.2 Å². The van der Waals surface area contributed by atoms with E-state index in [4.69, 9.17) is 0 Å². The van der Waals surface area contributed by atoms with Crippen molar-refractivity contribution in [2.45, 2.75) is 26.3 Å². The largest absolute Gasteiger partial charge is 0.314 e. The summed E-state index contributed by atoms with van der Waals surface area (Å²) in [7, 11) is 0. The third-order valence-electron chi connectivity index (χ3n) is 2.52. The van der Waals surface area contributed by atoms with E-state index < -0.39 is 0 Å². The van der Waals surface area contributed by atoms with Gasteiger partial charge in [-0.25, -0.2) is 4.39 Å². The predicted molar refractivity (Wildman–Crippen MR) is 84.9 cm³/mol. The second-order valence-electron chi connectivity index (χ2n) is 4.48. The Labute approximate surface area is 129 Å². The quantitative estimate of drug-likeness (QED) is 0.794. The van der Waals surface area contributed by atoms with Crippen molar-refractivity contribution in [3.05, 3.63) is 32.6 Å². The molecule has 0 spiro atoms. The average molecular weight is 391 g/mol. The van der Waals surface area contributed by atoms with E-state index in [2.05, 4.69) is 52.0 Å². The van der Waals surface area contributed by atoms with Gasteiger partial charge in [0.05, 0.1) is 0 Å². The van der Waals surface area contributed by atoms with Gasteiger partial charge in [-0.05, 0) is 40.8 Å². The molecule has 0 saturated heterocycles. The van der Waals surface area contributed by atoms with Crippen molar-refractivity contribution in [1.29, 1.82) is 0 Å². The highest BCUT2D eigenvalue weighted by atomic mass is 127. The van der Waals surface area contributed by atoms with Crippen LogP contribution in [0.1, 0.15) is 18.9 Å². The Bertz CT molecular complexity index is 557. The van der Waals surface area contributed by atoms with E-state index in [9.17, 15) is 4.39 Å². The first-order valence-electron chi connectivity index (χ1n) is 6.07. The summed E-state index contributed by atoms with van der Waals surface area (Å²) in [6, 6.07) is 5.20. The van der Waals surface area contributed by atoms with Gasteiger partial charge in [0.25, 0.3) is 0 Å². The Morgan fingerprint density at radius 3 is 2.84 bits per heavy atom. The van der Waals surface area contributed by atoms with Gasteiger partial charge >= 0.3 is 0 Å². The number of hydrogen-bond acceptors (Lipinski definition) is 4. The second kappa shape index (κ2) is 6.71. The van der Waals surface area contributed by atoms with Crippen LogP contribution >= 0.6 is 33.9 Å². The zero-order chi connectivity index (χ0) is 13.8. The van der Waals surface area contributed by atoms with Gasteiger partial charge in [-0.3, -0.25) is 0 Å². The van der Waals surface area contributed by atoms with E-state index in [1.54, 1.807) is 17.4 Å². The summed E-state index contributed by atoms with van der Waals surface area (Å²) >= 11 is 3.69. The van der Waals surface area contributed by atoms with Crippen LogP contribution in [0.2, 0.25) is 0 Å². The third kappa shape index (κ3) is 4.19. The highest BCUT2D eigenvalue weighted by Gasteiger charge is 2.10. The predicted octanol–water partition coefficient (Wildman–Crippen LogP) is 3.49. The fraction of sp³-hybridized carbons (Fsp3) is 0.385. The average Bonchev–Trinajstić information content (AvgIpc) is 2.77. The molecule has 0 aliphatic rings. The fourth-order valence-electron chi connectivity index (χ4n) is 1.59. The summed E-state index contributed by atoms with van der Waals surface area (Å²) in [5.41, 5.74) is 0.947. The Hall–Kier alpha value is -0.600. The molecular formula is C13H15FIN3S. The van der Waals surface area contributed by atoms with Gasteiger partial charge < -0.3 is 5.32 Å². The summed E-state index contributed by atoms with van der Waals surface area (Å²) in [5.74, 6) is -0.223. The minimum absolute atomic E-state index is 0.223. The van der Waals surface area contributed by atoms with E-state index >= 15 is 0 Å². The third-order valence-corrected chi connectivity index (χ3v) is 4.43. The maximum Gasteiger partial charge on any atom is 0.148 e. The summed E-state index contributed by atoms with van der Waals surface area (Å²) in [5, 5.41) is 13.6. The molecule has 0 radical (unpaired) electrons. The Balaban J connectivity index is 2.08. The molecule has 0 aliphatic carbocycles. The number of benzene rings is 1. The van der Waals surface area contributed by atoms with Gasteiger partial charge in [-0.1, -0.05) is 25.2 Å². The van der Waals surface area contributed by atoms with E-state index in [-0.39, 0.29) is 5.82 Å². The lowest BCUT2D eigenvalue weighted by atomic mass is 10.2. The number of nitrogens with zero attached hydrogens (tertiary/aromatic N) is 2. The molecule has 1 N–H and O–H groups in total. The van der Waals surface area contributed by atoms with Crippen molar-refractivity contribution in [3.8, 4) is 10.6 Å². The topological polar surface area (TPSA) is 37.8 Å². The Kier molecular flexibility index (Phi) is 5.23. The minimum atomic E-state index is -0.223. The molecule has 1 aromatic heterocycles. The molecule has 0 saturated carbocycles. The molecule has 0 fully saturated rings. The summed E-state index contributed by atoms with van der Waals surface area (Å²) in [6.45, 7) is 5.13. The zero-order valence-corrected chi connectivity index (χ0v) is 13.8. The van der Waals surface area contributed by atoms with Gasteiger partial charge in [0.1, 0.15) is 15.8 Å². The second-order valence-corrected chi connectivity index (χ2v) is 6.71. The van der Waals surface area contributed by atoms with Crippen molar-refractivity contribution in [2.75, 3.05) is 6.54 Å². The van der Waals surface area contributed by atoms with Crippen LogP contribution < -0.4 is 5.32 Å². The summed E-state index contributed by atoms with van der Waals surface area (Å²) in [4.78, 5) is 0. The number of aromatic nitrogens is 2. The molecule has 102 valence electrons. The molecule has 0 atom stereocenters.